The Kier molecular flexibility index (Phi) is 19.6. The molecule has 0 aliphatic carbocycles. The van der Waals surface area contributed by atoms with Gasteiger partial charge in [-0.3, -0.25) is 24.9 Å². The number of fused-ring (bicyclic) bond motifs is 6. The second kappa shape index (κ2) is 30.6. The van der Waals surface area contributed by atoms with Crippen LogP contribution in [-0.2, 0) is 0 Å². The highest BCUT2D eigenvalue weighted by molar-refractivity contribution is 5.95. The normalized spacial score (nSPS) is 10.5. The standard InChI is InChI=1S/C25H18N2.4C15H12N2/c1-2-6-18(7-3-1)22-14-21-11-13-24(16-25(21)26-17-22)27-23-12-10-19-8-4-5-9-20(19)15-23;1-2-6-12(7-3-1)17-15-10-4-9-14-13(15)8-5-11-16-14;1-2-7-13(8-3-1)17-15-11-16-10-12-6-4-5-9-14(12)15;1-2-6-13(7-3-1)17-14-8-9-15-12(11-14)5-4-10-16-15;1-2-4-14(5-3-1)17-15-7-6-13-11-16-9-8-12(13)10-15/h1-17,27H;4*1-11,17H. The molecule has 0 unspecified atom stereocenters. The first kappa shape index (κ1) is 60.8. The van der Waals surface area contributed by atoms with Crippen molar-refractivity contribution in [3.05, 3.63) is 371 Å². The third kappa shape index (κ3) is 16.5. The molecule has 5 aromatic heterocycles. The molecule has 0 saturated carbocycles. The summed E-state index contributed by atoms with van der Waals surface area (Å²) in [6.45, 7) is 0. The van der Waals surface area contributed by atoms with Crippen molar-refractivity contribution in [2.75, 3.05) is 26.6 Å². The van der Waals surface area contributed by atoms with Crippen LogP contribution in [-0.4, -0.2) is 24.9 Å². The van der Waals surface area contributed by atoms with Gasteiger partial charge in [-0.05, 0) is 167 Å². The first-order chi connectivity index (χ1) is 47.0. The lowest BCUT2D eigenvalue weighted by molar-refractivity contribution is 1.35. The number of pyridine rings is 5. The second-order valence-corrected chi connectivity index (χ2v) is 22.3. The van der Waals surface area contributed by atoms with Crippen LogP contribution in [0.5, 0.6) is 0 Å². The number of hydrogen-bond acceptors (Lipinski definition) is 10. The van der Waals surface area contributed by atoms with Crippen LogP contribution in [0.3, 0.4) is 0 Å². The van der Waals surface area contributed by atoms with Crippen LogP contribution in [0.25, 0.3) is 76.2 Å². The maximum Gasteiger partial charge on any atom is 0.0723 e. The monoisotopic (exact) mass is 1230 g/mol. The van der Waals surface area contributed by atoms with Gasteiger partial charge in [-0.25, -0.2) is 0 Å². The molecule has 5 heterocycles. The van der Waals surface area contributed by atoms with Gasteiger partial charge in [0.25, 0.3) is 0 Å². The SMILES string of the molecule is c1ccc(-c2cnc3cc(Nc4ccc5ccccc5c4)ccc3c2)cc1.c1ccc(Nc2ccc3cnccc3c2)cc1.c1ccc(Nc2ccc3ncccc3c2)cc1.c1ccc(Nc2cccc3ncccc23)cc1.c1ccc(Nc2cncc3ccccc23)cc1. The fourth-order valence-corrected chi connectivity index (χ4v) is 10.9. The van der Waals surface area contributed by atoms with E-state index < -0.39 is 0 Å². The van der Waals surface area contributed by atoms with Crippen LogP contribution in [0.4, 0.5) is 56.9 Å². The molecule has 0 amide bonds. The Bertz CT molecular complexity index is 5040. The number of nitrogens with one attached hydrogen (secondary N) is 5. The molecule has 0 bridgehead atoms. The quantitative estimate of drug-likeness (QED) is 0.0855. The van der Waals surface area contributed by atoms with Gasteiger partial charge in [0.15, 0.2) is 0 Å². The number of anilines is 10. The van der Waals surface area contributed by atoms with E-state index in [1.165, 1.54) is 27.1 Å². The maximum atomic E-state index is 4.67. The Hall–Kier alpha value is -13.1. The minimum Gasteiger partial charge on any atom is -0.356 e. The topological polar surface area (TPSA) is 125 Å². The summed E-state index contributed by atoms with van der Waals surface area (Å²) in [5.41, 5.74) is 16.1. The zero-order valence-corrected chi connectivity index (χ0v) is 52.0. The molecule has 17 rings (SSSR count). The lowest BCUT2D eigenvalue weighted by Crippen LogP contribution is -1.91. The van der Waals surface area contributed by atoms with Crippen LogP contribution in [0, 0.1) is 0 Å². The van der Waals surface area contributed by atoms with E-state index in [1.807, 2.05) is 201 Å². The van der Waals surface area contributed by atoms with Crippen LogP contribution in [0.1, 0.15) is 0 Å². The van der Waals surface area contributed by atoms with Gasteiger partial charge < -0.3 is 26.6 Å². The average Bonchev–Trinajstić information content (AvgIpc) is 1.25. The zero-order valence-electron chi connectivity index (χ0n) is 52.0. The summed E-state index contributed by atoms with van der Waals surface area (Å²) in [6.07, 6.45) is 13.0. The number of aromatic nitrogens is 5. The summed E-state index contributed by atoms with van der Waals surface area (Å²) >= 11 is 0. The number of nitrogens with zero attached hydrogens (tertiary/aromatic N) is 5. The highest BCUT2D eigenvalue weighted by Crippen LogP contribution is 2.30. The van der Waals surface area contributed by atoms with E-state index in [0.717, 1.165) is 106 Å². The molecule has 0 aliphatic rings. The molecule has 95 heavy (non-hydrogen) atoms. The molecule has 10 heteroatoms. The predicted molar refractivity (Wildman–Crippen MR) is 400 cm³/mol. The van der Waals surface area contributed by atoms with Gasteiger partial charge in [-0.2, -0.15) is 0 Å². The van der Waals surface area contributed by atoms with Crippen molar-refractivity contribution in [3.63, 3.8) is 0 Å². The van der Waals surface area contributed by atoms with Crippen LogP contribution in [0.15, 0.2) is 371 Å². The van der Waals surface area contributed by atoms with Crippen molar-refractivity contribution in [1.82, 2.24) is 24.9 Å². The number of para-hydroxylation sites is 4. The number of benzene rings is 12. The molecule has 17 aromatic rings. The van der Waals surface area contributed by atoms with Gasteiger partial charge in [0.2, 0.25) is 0 Å². The summed E-state index contributed by atoms with van der Waals surface area (Å²) in [5, 5.41) is 27.6. The molecule has 0 fully saturated rings. The van der Waals surface area contributed by atoms with Crippen LogP contribution >= 0.6 is 0 Å². The van der Waals surface area contributed by atoms with E-state index in [1.54, 1.807) is 0 Å². The van der Waals surface area contributed by atoms with Gasteiger partial charge in [-0.1, -0.05) is 182 Å². The molecule has 10 nitrogen and oxygen atoms in total. The summed E-state index contributed by atoms with van der Waals surface area (Å²) in [5.74, 6) is 0. The fourth-order valence-electron chi connectivity index (χ4n) is 10.9. The molecular weight excluding hydrogens is 1160 g/mol. The Morgan fingerprint density at radius 2 is 0.653 bits per heavy atom. The lowest BCUT2D eigenvalue weighted by atomic mass is 10.1. The van der Waals surface area contributed by atoms with Crippen molar-refractivity contribution >= 4 is 122 Å². The van der Waals surface area contributed by atoms with E-state index in [4.69, 9.17) is 0 Å². The van der Waals surface area contributed by atoms with Crippen LogP contribution in [0.2, 0.25) is 0 Å². The Morgan fingerprint density at radius 3 is 1.33 bits per heavy atom. The zero-order chi connectivity index (χ0) is 64.1. The first-order valence-electron chi connectivity index (χ1n) is 31.4. The molecule has 0 aliphatic heterocycles. The molecule has 0 spiro atoms. The van der Waals surface area contributed by atoms with Crippen molar-refractivity contribution in [2.45, 2.75) is 0 Å². The van der Waals surface area contributed by atoms with Crippen molar-refractivity contribution in [1.29, 1.82) is 0 Å². The first-order valence-corrected chi connectivity index (χ1v) is 31.4. The Balaban J connectivity index is 0.000000109. The summed E-state index contributed by atoms with van der Waals surface area (Å²) in [6, 6.07) is 111. The molecule has 456 valence electrons. The number of rotatable bonds is 11. The van der Waals surface area contributed by atoms with E-state index in [0.29, 0.717) is 0 Å². The van der Waals surface area contributed by atoms with Crippen molar-refractivity contribution in [3.8, 4) is 11.1 Å². The van der Waals surface area contributed by atoms with Gasteiger partial charge in [0, 0.05) is 126 Å². The van der Waals surface area contributed by atoms with E-state index in [9.17, 15) is 0 Å². The largest absolute Gasteiger partial charge is 0.356 e. The molecule has 0 atom stereocenters. The highest BCUT2D eigenvalue weighted by atomic mass is 14.9. The third-order valence-electron chi connectivity index (χ3n) is 15.6. The van der Waals surface area contributed by atoms with Crippen LogP contribution < -0.4 is 26.6 Å². The molecule has 0 radical (unpaired) electrons. The number of hydrogen-bond donors (Lipinski definition) is 5. The molecular formula is C85H66N10. The van der Waals surface area contributed by atoms with E-state index in [-0.39, 0.29) is 0 Å². The maximum absolute atomic E-state index is 4.67. The Labute approximate surface area is 552 Å². The van der Waals surface area contributed by atoms with Crippen molar-refractivity contribution in [2.24, 2.45) is 0 Å². The second-order valence-electron chi connectivity index (χ2n) is 22.3. The smallest absolute Gasteiger partial charge is 0.0723 e. The summed E-state index contributed by atoms with van der Waals surface area (Å²) < 4.78 is 0. The van der Waals surface area contributed by atoms with Gasteiger partial charge >= 0.3 is 0 Å². The van der Waals surface area contributed by atoms with Gasteiger partial charge in [-0.15, -0.1) is 0 Å². The lowest BCUT2D eigenvalue weighted by Gasteiger charge is -2.09. The van der Waals surface area contributed by atoms with Gasteiger partial charge in [0.05, 0.1) is 28.4 Å². The van der Waals surface area contributed by atoms with E-state index >= 15 is 0 Å². The van der Waals surface area contributed by atoms with Crippen molar-refractivity contribution < 1.29 is 0 Å². The minimum absolute atomic E-state index is 0.987. The predicted octanol–water partition coefficient (Wildman–Crippen LogP) is 22.7. The Morgan fingerprint density at radius 1 is 0.189 bits per heavy atom. The third-order valence-corrected chi connectivity index (χ3v) is 15.6. The van der Waals surface area contributed by atoms with Gasteiger partial charge in [0.1, 0.15) is 0 Å². The molecule has 0 saturated heterocycles. The average molecular weight is 1230 g/mol. The highest BCUT2D eigenvalue weighted by Gasteiger charge is 2.06. The summed E-state index contributed by atoms with van der Waals surface area (Å²) in [7, 11) is 0. The summed E-state index contributed by atoms with van der Waals surface area (Å²) in [4.78, 5) is 21.7. The van der Waals surface area contributed by atoms with E-state index in [2.05, 4.69) is 221 Å². The fraction of sp³-hybridized carbons (Fsp3) is 0. The minimum atomic E-state index is 0.987. The molecule has 12 aromatic carbocycles. The molecule has 5 N–H and O–H groups in total.